The molecule has 2 saturated heterocycles. The van der Waals surface area contributed by atoms with Crippen LogP contribution in [0, 0.1) is 11.8 Å². The number of carbonyl (C=O) groups is 2. The highest BCUT2D eigenvalue weighted by atomic mass is 32.2. The summed E-state index contributed by atoms with van der Waals surface area (Å²) in [5.74, 6) is -0.891. The number of rotatable bonds is 7. The molecule has 218 valence electrons. The molecule has 3 rings (SSSR count). The second kappa shape index (κ2) is 11.3. The smallest absolute Gasteiger partial charge is 0.444 e. The van der Waals surface area contributed by atoms with E-state index in [0.29, 0.717) is 24.8 Å². The molecule has 0 saturated carbocycles. The number of likely N-dealkylation sites (tertiary alicyclic amines) is 1. The van der Waals surface area contributed by atoms with Gasteiger partial charge in [0.1, 0.15) is 11.6 Å². The minimum atomic E-state index is -3.80. The molecule has 0 radical (unpaired) electrons. The highest BCUT2D eigenvalue weighted by Crippen LogP contribution is 2.36. The predicted molar refractivity (Wildman–Crippen MR) is 147 cm³/mol. The number of amides is 2. The summed E-state index contributed by atoms with van der Waals surface area (Å²) in [5.41, 5.74) is -1.23. The predicted octanol–water partition coefficient (Wildman–Crippen LogP) is 2.34. The Bertz CT molecular complexity index is 1130. The van der Waals surface area contributed by atoms with Crippen LogP contribution < -0.4 is 10.8 Å². The number of hydrogen-bond donors (Lipinski definition) is 1. The van der Waals surface area contributed by atoms with E-state index >= 15 is 0 Å². The molecule has 2 fully saturated rings. The fourth-order valence-corrected chi connectivity index (χ4v) is 5.99. The molecule has 0 spiro atoms. The number of piperidine rings is 1. The van der Waals surface area contributed by atoms with Gasteiger partial charge >= 0.3 is 13.2 Å². The molecule has 11 nitrogen and oxygen atoms in total. The van der Waals surface area contributed by atoms with Crippen LogP contribution in [0.5, 0.6) is 0 Å². The summed E-state index contributed by atoms with van der Waals surface area (Å²) >= 11 is 0. The van der Waals surface area contributed by atoms with Gasteiger partial charge in [-0.25, -0.2) is 23.2 Å². The van der Waals surface area contributed by atoms with Gasteiger partial charge in [-0.1, -0.05) is 13.8 Å². The Morgan fingerprint density at radius 2 is 1.72 bits per heavy atom. The van der Waals surface area contributed by atoms with Crippen LogP contribution in [0.3, 0.4) is 0 Å². The van der Waals surface area contributed by atoms with Crippen molar-refractivity contribution in [3.05, 3.63) is 12.4 Å². The lowest BCUT2D eigenvalue weighted by molar-refractivity contribution is -0.136. The van der Waals surface area contributed by atoms with Gasteiger partial charge < -0.3 is 24.3 Å². The fourth-order valence-electron chi connectivity index (χ4n) is 4.52. The lowest BCUT2D eigenvalue weighted by atomic mass is 9.81. The first-order valence-corrected chi connectivity index (χ1v) is 15.2. The maximum absolute atomic E-state index is 13.3. The number of carbonyl (C=O) groups excluding carboxylic acids is 2. The lowest BCUT2D eigenvalue weighted by Crippen LogP contribution is -2.54. The normalized spacial score (nSPS) is 22.1. The van der Waals surface area contributed by atoms with Gasteiger partial charge in [0, 0.05) is 30.9 Å². The SMILES string of the molecule is CC(C)C(NC(=O)OC(C)(C)C)C(=O)N1CCCC(CS(=O)(=O)c2ncc(B3OC(C)(C)C(C)(C)O3)cn2)C1. The summed E-state index contributed by atoms with van der Waals surface area (Å²) in [6, 6.07) is -0.777. The number of alkyl carbamates (subject to hydrolysis) is 1. The number of sulfone groups is 1. The first-order valence-electron chi connectivity index (χ1n) is 13.5. The summed E-state index contributed by atoms with van der Waals surface area (Å²) in [7, 11) is -4.49. The molecule has 1 aromatic rings. The molecule has 2 atom stereocenters. The van der Waals surface area contributed by atoms with E-state index in [1.807, 2.05) is 41.5 Å². The van der Waals surface area contributed by atoms with Crippen LogP contribution in [-0.4, -0.2) is 84.1 Å². The molecule has 2 unspecified atom stereocenters. The van der Waals surface area contributed by atoms with Gasteiger partial charge in [0.05, 0.1) is 17.0 Å². The maximum atomic E-state index is 13.3. The molecule has 0 aliphatic carbocycles. The Morgan fingerprint density at radius 1 is 1.15 bits per heavy atom. The van der Waals surface area contributed by atoms with E-state index in [2.05, 4.69) is 15.3 Å². The molecule has 2 amide bonds. The van der Waals surface area contributed by atoms with Crippen molar-refractivity contribution >= 4 is 34.4 Å². The van der Waals surface area contributed by atoms with Crippen LogP contribution in [0.4, 0.5) is 4.79 Å². The minimum absolute atomic E-state index is 0.176. The Balaban J connectivity index is 1.65. The van der Waals surface area contributed by atoms with E-state index in [1.165, 1.54) is 12.4 Å². The average Bonchev–Trinajstić information content (AvgIpc) is 3.02. The molecule has 3 heterocycles. The van der Waals surface area contributed by atoms with Crippen molar-refractivity contribution in [2.24, 2.45) is 11.8 Å². The molecular formula is C26H43BN4O7S. The summed E-state index contributed by atoms with van der Waals surface area (Å²) in [4.78, 5) is 35.5. The van der Waals surface area contributed by atoms with Crippen LogP contribution in [0.25, 0.3) is 0 Å². The maximum Gasteiger partial charge on any atom is 0.498 e. The lowest BCUT2D eigenvalue weighted by Gasteiger charge is -2.36. The van der Waals surface area contributed by atoms with Crippen molar-refractivity contribution in [3.63, 3.8) is 0 Å². The van der Waals surface area contributed by atoms with Crippen LogP contribution in [0.1, 0.15) is 75.2 Å². The van der Waals surface area contributed by atoms with Gasteiger partial charge in [-0.2, -0.15) is 0 Å². The molecule has 2 aliphatic rings. The number of nitrogens with zero attached hydrogens (tertiary/aromatic N) is 3. The van der Waals surface area contributed by atoms with Gasteiger partial charge in [0.25, 0.3) is 0 Å². The standard InChI is InChI=1S/C26H43BN4O7S/c1-17(2)20(30-23(33)36-24(3,4)5)21(32)31-12-10-11-18(15-31)16-39(34,35)22-28-13-19(14-29-22)27-37-25(6,7)26(8,9)38-27/h13-14,17-18,20H,10-12,15-16H2,1-9H3,(H,30,33). The molecular weight excluding hydrogens is 523 g/mol. The third-order valence-electron chi connectivity index (χ3n) is 7.34. The number of ether oxygens (including phenoxy) is 1. The van der Waals surface area contributed by atoms with Crippen molar-refractivity contribution in [2.75, 3.05) is 18.8 Å². The van der Waals surface area contributed by atoms with Crippen molar-refractivity contribution < 1.29 is 32.1 Å². The minimum Gasteiger partial charge on any atom is -0.444 e. The third-order valence-corrected chi connectivity index (χ3v) is 9.02. The summed E-state index contributed by atoms with van der Waals surface area (Å²) in [6.07, 6.45) is 3.50. The van der Waals surface area contributed by atoms with Crippen molar-refractivity contribution in [1.29, 1.82) is 0 Å². The van der Waals surface area contributed by atoms with E-state index in [1.54, 1.807) is 25.7 Å². The second-order valence-corrected chi connectivity index (χ2v) is 14.8. The highest BCUT2D eigenvalue weighted by Gasteiger charge is 2.52. The number of nitrogens with one attached hydrogen (secondary N) is 1. The van der Waals surface area contributed by atoms with Gasteiger partial charge in [-0.3, -0.25) is 4.79 Å². The Labute approximate surface area is 232 Å². The van der Waals surface area contributed by atoms with Gasteiger partial charge in [0.2, 0.25) is 20.9 Å². The van der Waals surface area contributed by atoms with Crippen molar-refractivity contribution in [1.82, 2.24) is 20.2 Å². The van der Waals surface area contributed by atoms with E-state index < -0.39 is 45.9 Å². The molecule has 1 N–H and O–H groups in total. The molecule has 0 bridgehead atoms. The summed E-state index contributed by atoms with van der Waals surface area (Å²) < 4.78 is 43.7. The second-order valence-electron chi connectivity index (χ2n) is 12.8. The zero-order valence-electron chi connectivity index (χ0n) is 24.6. The zero-order chi connectivity index (χ0) is 29.4. The van der Waals surface area contributed by atoms with E-state index in [-0.39, 0.29) is 35.2 Å². The Hall–Kier alpha value is -2.25. The van der Waals surface area contributed by atoms with E-state index in [0.717, 1.165) is 0 Å². The zero-order valence-corrected chi connectivity index (χ0v) is 25.4. The Kier molecular flexibility index (Phi) is 9.08. The monoisotopic (exact) mass is 566 g/mol. The first kappa shape index (κ1) is 31.3. The third kappa shape index (κ3) is 7.70. The molecule has 0 aromatic carbocycles. The topological polar surface area (TPSA) is 137 Å². The van der Waals surface area contributed by atoms with E-state index in [9.17, 15) is 18.0 Å². The van der Waals surface area contributed by atoms with E-state index in [4.69, 9.17) is 14.0 Å². The molecule has 39 heavy (non-hydrogen) atoms. The van der Waals surface area contributed by atoms with Gasteiger partial charge in [0.15, 0.2) is 0 Å². The summed E-state index contributed by atoms with van der Waals surface area (Å²) in [5, 5.41) is 2.42. The van der Waals surface area contributed by atoms with Crippen molar-refractivity contribution in [2.45, 2.75) is 103 Å². The molecule has 1 aromatic heterocycles. The number of aromatic nitrogens is 2. The highest BCUT2D eigenvalue weighted by molar-refractivity contribution is 7.91. The Morgan fingerprint density at radius 3 is 2.23 bits per heavy atom. The molecule has 2 aliphatic heterocycles. The molecule has 13 heteroatoms. The average molecular weight is 567 g/mol. The largest absolute Gasteiger partial charge is 0.498 e. The van der Waals surface area contributed by atoms with Gasteiger partial charge in [-0.15, -0.1) is 0 Å². The van der Waals surface area contributed by atoms with Crippen LogP contribution >= 0.6 is 0 Å². The van der Waals surface area contributed by atoms with Crippen LogP contribution in [0.15, 0.2) is 17.6 Å². The fraction of sp³-hybridized carbons (Fsp3) is 0.769. The van der Waals surface area contributed by atoms with Gasteiger partial charge in [-0.05, 0) is 73.1 Å². The number of hydrogen-bond acceptors (Lipinski definition) is 9. The summed E-state index contributed by atoms with van der Waals surface area (Å²) in [6.45, 7) is 17.4. The van der Waals surface area contributed by atoms with Crippen LogP contribution in [-0.2, 0) is 28.7 Å². The van der Waals surface area contributed by atoms with Crippen molar-refractivity contribution in [3.8, 4) is 0 Å². The quantitative estimate of drug-likeness (QED) is 0.389. The van der Waals surface area contributed by atoms with Crippen LogP contribution in [0.2, 0.25) is 0 Å². The first-order chi connectivity index (χ1) is 17.8.